The van der Waals surface area contributed by atoms with Crippen molar-refractivity contribution in [2.24, 2.45) is 0 Å². The summed E-state index contributed by atoms with van der Waals surface area (Å²) in [4.78, 5) is 23.4. The Labute approximate surface area is 129 Å². The van der Waals surface area contributed by atoms with Crippen molar-refractivity contribution in [1.29, 1.82) is 0 Å². The largest absolute Gasteiger partial charge is 0.490 e. The van der Waals surface area contributed by atoms with E-state index in [1.165, 1.54) is 6.08 Å². The first-order valence-corrected chi connectivity index (χ1v) is 6.93. The van der Waals surface area contributed by atoms with Crippen LogP contribution in [0, 0.1) is 0 Å². The summed E-state index contributed by atoms with van der Waals surface area (Å²) >= 11 is 0. The minimum absolute atomic E-state index is 0.0971. The standard InChI is InChI=1S/C16H21NO5/c1-4-9-21-10-13(16(19)20)17-15(18)12-7-5-6-8-14(12)22-11(2)3/h4-8,11,13H,1,9-10H2,2-3H3,(H,17,18)(H,19,20). The van der Waals surface area contributed by atoms with Gasteiger partial charge >= 0.3 is 5.97 Å². The molecule has 0 aliphatic carbocycles. The van der Waals surface area contributed by atoms with Crippen LogP contribution in [0.1, 0.15) is 24.2 Å². The van der Waals surface area contributed by atoms with Crippen molar-refractivity contribution in [3.63, 3.8) is 0 Å². The number of aliphatic carboxylic acids is 1. The van der Waals surface area contributed by atoms with Crippen LogP contribution in [0.25, 0.3) is 0 Å². The quantitative estimate of drug-likeness (QED) is 0.537. The van der Waals surface area contributed by atoms with Gasteiger partial charge in [-0.25, -0.2) is 4.79 Å². The van der Waals surface area contributed by atoms with Gasteiger partial charge in [-0.1, -0.05) is 18.2 Å². The smallest absolute Gasteiger partial charge is 0.328 e. The third-order valence-electron chi connectivity index (χ3n) is 2.62. The SMILES string of the molecule is C=CCOCC(NC(=O)c1ccccc1OC(C)C)C(=O)O. The van der Waals surface area contributed by atoms with Gasteiger partial charge in [0.25, 0.3) is 5.91 Å². The molecule has 2 N–H and O–H groups in total. The van der Waals surface area contributed by atoms with E-state index in [0.29, 0.717) is 5.75 Å². The third-order valence-corrected chi connectivity index (χ3v) is 2.62. The lowest BCUT2D eigenvalue weighted by molar-refractivity contribution is -0.140. The zero-order valence-corrected chi connectivity index (χ0v) is 12.7. The average molecular weight is 307 g/mol. The average Bonchev–Trinajstić information content (AvgIpc) is 2.46. The van der Waals surface area contributed by atoms with Crippen LogP contribution in [-0.4, -0.2) is 42.3 Å². The molecule has 0 aromatic heterocycles. The molecule has 1 unspecified atom stereocenters. The summed E-state index contributed by atoms with van der Waals surface area (Å²) < 4.78 is 10.6. The highest BCUT2D eigenvalue weighted by Gasteiger charge is 2.22. The second kappa shape index (κ2) is 8.84. The van der Waals surface area contributed by atoms with Gasteiger partial charge < -0.3 is 19.9 Å². The van der Waals surface area contributed by atoms with Crippen LogP contribution in [0.4, 0.5) is 0 Å². The third kappa shape index (κ3) is 5.57. The highest BCUT2D eigenvalue weighted by molar-refractivity contribution is 5.98. The second-order valence-corrected chi connectivity index (χ2v) is 4.85. The molecular formula is C16H21NO5. The van der Waals surface area contributed by atoms with E-state index < -0.39 is 17.9 Å². The van der Waals surface area contributed by atoms with Gasteiger partial charge in [-0.15, -0.1) is 6.58 Å². The predicted molar refractivity (Wildman–Crippen MR) is 82.1 cm³/mol. The second-order valence-electron chi connectivity index (χ2n) is 4.85. The molecular weight excluding hydrogens is 286 g/mol. The summed E-state index contributed by atoms with van der Waals surface area (Å²) in [5.41, 5.74) is 0.283. The van der Waals surface area contributed by atoms with Gasteiger partial charge in [0.15, 0.2) is 6.04 Å². The van der Waals surface area contributed by atoms with E-state index in [-0.39, 0.29) is 24.9 Å². The Morgan fingerprint density at radius 3 is 2.64 bits per heavy atom. The number of hydrogen-bond donors (Lipinski definition) is 2. The van der Waals surface area contributed by atoms with E-state index in [9.17, 15) is 9.59 Å². The fourth-order valence-corrected chi connectivity index (χ4v) is 1.69. The molecule has 0 bridgehead atoms. The maximum absolute atomic E-state index is 12.3. The molecule has 0 spiro atoms. The number of para-hydroxylation sites is 1. The van der Waals surface area contributed by atoms with Crippen LogP contribution in [-0.2, 0) is 9.53 Å². The Morgan fingerprint density at radius 2 is 2.05 bits per heavy atom. The van der Waals surface area contributed by atoms with Crippen LogP contribution in [0.15, 0.2) is 36.9 Å². The van der Waals surface area contributed by atoms with Crippen molar-refractivity contribution in [1.82, 2.24) is 5.32 Å². The van der Waals surface area contributed by atoms with Gasteiger partial charge in [-0.3, -0.25) is 4.79 Å². The number of benzene rings is 1. The molecule has 1 amide bonds. The summed E-state index contributed by atoms with van der Waals surface area (Å²) in [6.07, 6.45) is 1.41. The molecule has 0 fully saturated rings. The number of hydrogen-bond acceptors (Lipinski definition) is 4. The molecule has 6 nitrogen and oxygen atoms in total. The van der Waals surface area contributed by atoms with E-state index in [4.69, 9.17) is 14.6 Å². The molecule has 0 aliphatic heterocycles. The normalized spacial score (nSPS) is 11.8. The van der Waals surface area contributed by atoms with E-state index in [2.05, 4.69) is 11.9 Å². The Kier molecular flexibility index (Phi) is 7.12. The maximum Gasteiger partial charge on any atom is 0.328 e. The highest BCUT2D eigenvalue weighted by Crippen LogP contribution is 2.19. The predicted octanol–water partition coefficient (Wildman–Crippen LogP) is 1.86. The Hall–Kier alpha value is -2.34. The van der Waals surface area contributed by atoms with E-state index in [0.717, 1.165) is 0 Å². The summed E-state index contributed by atoms with van der Waals surface area (Å²) in [6, 6.07) is 5.54. The minimum atomic E-state index is -1.17. The van der Waals surface area contributed by atoms with E-state index in [1.807, 2.05) is 13.8 Å². The van der Waals surface area contributed by atoms with Gasteiger partial charge in [0, 0.05) is 0 Å². The molecule has 0 radical (unpaired) electrons. The number of carboxylic acids is 1. The lowest BCUT2D eigenvalue weighted by atomic mass is 10.1. The highest BCUT2D eigenvalue weighted by atomic mass is 16.5. The van der Waals surface area contributed by atoms with Gasteiger partial charge in [0.1, 0.15) is 5.75 Å². The molecule has 0 heterocycles. The van der Waals surface area contributed by atoms with Gasteiger partial charge in [0.2, 0.25) is 0 Å². The topological polar surface area (TPSA) is 84.9 Å². The van der Waals surface area contributed by atoms with Crippen molar-refractivity contribution in [2.75, 3.05) is 13.2 Å². The molecule has 0 saturated carbocycles. The summed E-state index contributed by atoms with van der Waals surface area (Å²) in [5, 5.41) is 11.6. The summed E-state index contributed by atoms with van der Waals surface area (Å²) in [5.74, 6) is -1.28. The number of carbonyl (C=O) groups is 2. The molecule has 6 heteroatoms. The molecule has 120 valence electrons. The first kappa shape index (κ1) is 17.7. The van der Waals surface area contributed by atoms with Crippen molar-refractivity contribution in [3.8, 4) is 5.75 Å². The summed E-state index contributed by atoms with van der Waals surface area (Å²) in [7, 11) is 0. The van der Waals surface area contributed by atoms with Gasteiger partial charge in [-0.2, -0.15) is 0 Å². The van der Waals surface area contributed by atoms with Crippen molar-refractivity contribution in [2.45, 2.75) is 26.0 Å². The Bertz CT molecular complexity index is 527. The molecule has 0 aliphatic rings. The molecule has 1 aromatic carbocycles. The van der Waals surface area contributed by atoms with Crippen LogP contribution < -0.4 is 10.1 Å². The van der Waals surface area contributed by atoms with E-state index in [1.54, 1.807) is 24.3 Å². The zero-order valence-electron chi connectivity index (χ0n) is 12.7. The molecule has 22 heavy (non-hydrogen) atoms. The molecule has 1 atom stereocenters. The van der Waals surface area contributed by atoms with Crippen LogP contribution in [0.3, 0.4) is 0 Å². The van der Waals surface area contributed by atoms with Crippen molar-refractivity contribution >= 4 is 11.9 Å². The van der Waals surface area contributed by atoms with Crippen molar-refractivity contribution in [3.05, 3.63) is 42.5 Å². The maximum atomic E-state index is 12.3. The lowest BCUT2D eigenvalue weighted by Crippen LogP contribution is -2.44. The monoisotopic (exact) mass is 307 g/mol. The minimum Gasteiger partial charge on any atom is -0.490 e. The lowest BCUT2D eigenvalue weighted by Gasteiger charge is -2.17. The zero-order chi connectivity index (χ0) is 16.5. The molecule has 0 saturated heterocycles. The van der Waals surface area contributed by atoms with Gasteiger partial charge in [-0.05, 0) is 26.0 Å². The van der Waals surface area contributed by atoms with Crippen molar-refractivity contribution < 1.29 is 24.2 Å². The Balaban J connectivity index is 2.81. The van der Waals surface area contributed by atoms with E-state index >= 15 is 0 Å². The molecule has 1 rings (SSSR count). The first-order valence-electron chi connectivity index (χ1n) is 6.93. The van der Waals surface area contributed by atoms with Crippen LogP contribution in [0.5, 0.6) is 5.75 Å². The number of nitrogens with one attached hydrogen (secondary N) is 1. The fraction of sp³-hybridized carbons (Fsp3) is 0.375. The summed E-state index contributed by atoms with van der Waals surface area (Å²) in [6.45, 7) is 7.24. The van der Waals surface area contributed by atoms with Crippen LogP contribution >= 0.6 is 0 Å². The van der Waals surface area contributed by atoms with Gasteiger partial charge in [0.05, 0.1) is 24.9 Å². The first-order chi connectivity index (χ1) is 10.5. The number of amides is 1. The fourth-order valence-electron chi connectivity index (χ4n) is 1.69. The number of rotatable bonds is 9. The number of ether oxygens (including phenoxy) is 2. The Morgan fingerprint density at radius 1 is 1.36 bits per heavy atom. The van der Waals surface area contributed by atoms with Crippen LogP contribution in [0.2, 0.25) is 0 Å². The number of carboxylic acid groups (broad SMARTS) is 1. The number of carbonyl (C=O) groups excluding carboxylic acids is 1. The molecule has 1 aromatic rings.